The van der Waals surface area contributed by atoms with E-state index in [1.807, 2.05) is 11.8 Å². The fourth-order valence-corrected chi connectivity index (χ4v) is 9.66. The number of amides is 1. The van der Waals surface area contributed by atoms with Gasteiger partial charge in [0, 0.05) is 114 Å². The summed E-state index contributed by atoms with van der Waals surface area (Å²) in [6, 6.07) is 17.9. The van der Waals surface area contributed by atoms with Crippen molar-refractivity contribution in [3.63, 3.8) is 0 Å². The van der Waals surface area contributed by atoms with E-state index >= 15 is 0 Å². The maximum Gasteiger partial charge on any atom is 0.219 e. The van der Waals surface area contributed by atoms with Gasteiger partial charge in [-0.1, -0.05) is 24.3 Å². The number of thioether (sulfide) groups is 1. The lowest BCUT2D eigenvalue weighted by molar-refractivity contribution is -0.130. The third-order valence-corrected chi connectivity index (χ3v) is 13.1. The lowest BCUT2D eigenvalue weighted by Crippen LogP contribution is -2.46. The number of morpholine rings is 1. The van der Waals surface area contributed by atoms with Crippen molar-refractivity contribution >= 4 is 17.7 Å². The van der Waals surface area contributed by atoms with Crippen molar-refractivity contribution in [2.75, 3.05) is 131 Å². The van der Waals surface area contributed by atoms with Gasteiger partial charge in [0.1, 0.15) is 11.5 Å². The molecule has 11 heteroatoms. The molecule has 2 aromatic rings. The van der Waals surface area contributed by atoms with E-state index in [1.54, 1.807) is 6.92 Å². The maximum atomic E-state index is 12.0. The molecule has 4 heterocycles. The van der Waals surface area contributed by atoms with Crippen LogP contribution in [0.4, 0.5) is 0 Å². The summed E-state index contributed by atoms with van der Waals surface area (Å²) in [6.07, 6.45) is 6.19. The molecule has 10 nitrogen and oxygen atoms in total. The van der Waals surface area contributed by atoms with Crippen LogP contribution < -0.4 is 9.47 Å². The molecule has 1 amide bonds. The van der Waals surface area contributed by atoms with Crippen molar-refractivity contribution < 1.29 is 28.5 Å². The topological polar surface area (TPSA) is 76.2 Å². The van der Waals surface area contributed by atoms with E-state index in [2.05, 4.69) is 96.0 Å². The molecule has 0 N–H and O–H groups in total. The number of hydrogen-bond donors (Lipinski definition) is 0. The third-order valence-electron chi connectivity index (χ3n) is 12.1. The Labute approximate surface area is 342 Å². The van der Waals surface area contributed by atoms with Crippen LogP contribution in [0.3, 0.4) is 0 Å². The summed E-state index contributed by atoms with van der Waals surface area (Å²) in [7, 11) is 4.31. The molecule has 4 fully saturated rings. The van der Waals surface area contributed by atoms with Crippen LogP contribution in [-0.4, -0.2) is 162 Å². The summed E-state index contributed by atoms with van der Waals surface area (Å²) in [5.41, 5.74) is 2.88. The van der Waals surface area contributed by atoms with Gasteiger partial charge in [-0.3, -0.25) is 9.69 Å². The Morgan fingerprint density at radius 1 is 0.750 bits per heavy atom. The summed E-state index contributed by atoms with van der Waals surface area (Å²) in [5.74, 6) is 4.57. The SMILES string of the molecule is CCN(CC1(c2ccc(OCCCN3CCSCC3)cc2)CCOCC1)C(C)=O.C[C@@H]1COCCN1CCCOc1ccc(C2(CN(C)C)CCOCC2)cc1. The molecule has 2 aromatic carbocycles. The van der Waals surface area contributed by atoms with Gasteiger partial charge in [-0.15, -0.1) is 0 Å². The van der Waals surface area contributed by atoms with Gasteiger partial charge in [0.2, 0.25) is 5.91 Å². The van der Waals surface area contributed by atoms with Crippen molar-refractivity contribution in [1.29, 1.82) is 0 Å². The maximum absolute atomic E-state index is 12.0. The first-order valence-electron chi connectivity index (χ1n) is 21.4. The zero-order valence-corrected chi connectivity index (χ0v) is 36.1. The second-order valence-electron chi connectivity index (χ2n) is 16.4. The molecule has 314 valence electrons. The summed E-state index contributed by atoms with van der Waals surface area (Å²) in [6.45, 7) is 20.6. The Morgan fingerprint density at radius 2 is 1.27 bits per heavy atom. The molecule has 0 saturated carbocycles. The van der Waals surface area contributed by atoms with Gasteiger partial charge in [-0.25, -0.2) is 0 Å². The highest BCUT2D eigenvalue weighted by Crippen LogP contribution is 2.38. The van der Waals surface area contributed by atoms with Gasteiger partial charge in [-0.2, -0.15) is 11.8 Å². The fraction of sp³-hybridized carbons (Fsp3) is 0.711. The van der Waals surface area contributed by atoms with Gasteiger partial charge in [-0.05, 0) is 102 Å². The standard InChI is InChI=1S/C23H36N2O3S.C22H36N2O3/c1-3-25(20(2)26)19-23(9-15-27-16-10-23)21-5-7-22(8-6-21)28-14-4-11-24-12-17-29-18-13-24;1-19-17-26-16-12-24(19)11-4-13-27-21-7-5-20(6-8-21)22(18-23(2)3)9-14-25-15-10-22/h5-8H,3-4,9-19H2,1-2H3;5-8,19H,4,9-18H2,1-3H3/t;19-/m.1/s1. The summed E-state index contributed by atoms with van der Waals surface area (Å²) >= 11 is 2.05. The Hall–Kier alpha value is -2.38. The summed E-state index contributed by atoms with van der Waals surface area (Å²) in [4.78, 5) is 21.3. The number of rotatable bonds is 17. The quantitative estimate of drug-likeness (QED) is 0.173. The van der Waals surface area contributed by atoms with Crippen molar-refractivity contribution in [2.24, 2.45) is 0 Å². The van der Waals surface area contributed by atoms with Gasteiger partial charge in [0.15, 0.2) is 0 Å². The Bertz CT molecular complexity index is 1390. The monoisotopic (exact) mass is 797 g/mol. The molecular formula is C45H72N4O6S. The average molecular weight is 797 g/mol. The van der Waals surface area contributed by atoms with Crippen molar-refractivity contribution in [1.82, 2.24) is 19.6 Å². The molecule has 0 bridgehead atoms. The lowest BCUT2D eigenvalue weighted by Gasteiger charge is -2.41. The van der Waals surface area contributed by atoms with Gasteiger partial charge < -0.3 is 38.4 Å². The summed E-state index contributed by atoms with van der Waals surface area (Å²) < 4.78 is 28.7. The highest BCUT2D eigenvalue weighted by atomic mass is 32.2. The molecular weight excluding hydrogens is 725 g/mol. The number of hydrogen-bond acceptors (Lipinski definition) is 10. The fourth-order valence-electron chi connectivity index (χ4n) is 8.68. The van der Waals surface area contributed by atoms with Crippen LogP contribution in [0, 0.1) is 0 Å². The van der Waals surface area contributed by atoms with E-state index in [0.29, 0.717) is 6.04 Å². The minimum Gasteiger partial charge on any atom is -0.494 e. The number of benzene rings is 2. The predicted octanol–water partition coefficient (Wildman–Crippen LogP) is 6.21. The van der Waals surface area contributed by atoms with E-state index in [4.69, 9.17) is 23.7 Å². The van der Waals surface area contributed by atoms with Gasteiger partial charge in [0.25, 0.3) is 0 Å². The van der Waals surface area contributed by atoms with Crippen molar-refractivity contribution in [3.05, 3.63) is 59.7 Å². The predicted molar refractivity (Wildman–Crippen MR) is 229 cm³/mol. The second kappa shape index (κ2) is 23.3. The van der Waals surface area contributed by atoms with Crippen LogP contribution in [0.5, 0.6) is 11.5 Å². The molecule has 1 atom stereocenters. The van der Waals surface area contributed by atoms with Crippen LogP contribution in [0.1, 0.15) is 70.4 Å². The molecule has 0 unspecified atom stereocenters. The lowest BCUT2D eigenvalue weighted by atomic mass is 9.73. The highest BCUT2D eigenvalue weighted by Gasteiger charge is 2.37. The molecule has 0 spiro atoms. The normalized spacial score (nSPS) is 21.5. The van der Waals surface area contributed by atoms with Crippen LogP contribution in [0.2, 0.25) is 0 Å². The largest absolute Gasteiger partial charge is 0.494 e. The molecule has 0 aromatic heterocycles. The summed E-state index contributed by atoms with van der Waals surface area (Å²) in [5, 5.41) is 0. The first kappa shape index (κ1) is 44.7. The number of nitrogens with zero attached hydrogens (tertiary/aromatic N) is 4. The van der Waals surface area contributed by atoms with E-state index in [1.165, 1.54) is 35.7 Å². The Kier molecular flexibility index (Phi) is 18.6. The zero-order chi connectivity index (χ0) is 39.6. The molecule has 56 heavy (non-hydrogen) atoms. The second-order valence-corrected chi connectivity index (χ2v) is 17.6. The van der Waals surface area contributed by atoms with Crippen molar-refractivity contribution in [3.8, 4) is 11.5 Å². The average Bonchev–Trinajstić information content (AvgIpc) is 3.22. The van der Waals surface area contributed by atoms with E-state index in [9.17, 15) is 4.79 Å². The number of likely N-dealkylation sites (N-methyl/N-ethyl adjacent to an activating group) is 2. The zero-order valence-electron chi connectivity index (χ0n) is 35.3. The van der Waals surface area contributed by atoms with E-state index in [-0.39, 0.29) is 16.7 Å². The van der Waals surface area contributed by atoms with Gasteiger partial charge in [0.05, 0.1) is 26.4 Å². The Morgan fingerprint density at radius 3 is 1.75 bits per heavy atom. The van der Waals surface area contributed by atoms with Crippen molar-refractivity contribution in [2.45, 2.75) is 76.2 Å². The minimum absolute atomic E-state index is 0.0231. The Balaban J connectivity index is 0.000000215. The van der Waals surface area contributed by atoms with E-state index < -0.39 is 0 Å². The van der Waals surface area contributed by atoms with Crippen LogP contribution >= 0.6 is 11.8 Å². The van der Waals surface area contributed by atoms with E-state index in [0.717, 1.165) is 142 Å². The molecule has 4 saturated heterocycles. The number of carbonyl (C=O) groups excluding carboxylic acids is 1. The molecule has 0 aliphatic carbocycles. The molecule has 0 radical (unpaired) electrons. The first-order chi connectivity index (χ1) is 27.2. The third kappa shape index (κ3) is 13.6. The molecule has 6 rings (SSSR count). The van der Waals surface area contributed by atoms with Crippen LogP contribution in [-0.2, 0) is 29.8 Å². The first-order valence-corrected chi connectivity index (χ1v) is 22.5. The highest BCUT2D eigenvalue weighted by molar-refractivity contribution is 7.99. The minimum atomic E-state index is -0.0231. The number of ether oxygens (including phenoxy) is 5. The molecule has 4 aliphatic heterocycles. The van der Waals surface area contributed by atoms with Gasteiger partial charge >= 0.3 is 0 Å². The van der Waals surface area contributed by atoms with Crippen LogP contribution in [0.15, 0.2) is 48.5 Å². The van der Waals surface area contributed by atoms with Crippen LogP contribution in [0.25, 0.3) is 0 Å². The number of carbonyl (C=O) groups is 1. The smallest absolute Gasteiger partial charge is 0.219 e. The molecule has 4 aliphatic rings.